The molecule has 1 aliphatic carbocycles. The van der Waals surface area contributed by atoms with Gasteiger partial charge >= 0.3 is 0 Å². The molecule has 2 heterocycles. The van der Waals surface area contributed by atoms with E-state index in [9.17, 15) is 9.59 Å². The molecule has 1 aromatic heterocycles. The summed E-state index contributed by atoms with van der Waals surface area (Å²) in [5.74, 6) is -0.318. The van der Waals surface area contributed by atoms with E-state index in [1.165, 1.54) is 24.8 Å². The minimum Gasteiger partial charge on any atom is -0.473 e. The Labute approximate surface area is 165 Å². The molecule has 2 aliphatic rings. The van der Waals surface area contributed by atoms with Crippen molar-refractivity contribution in [3.8, 4) is 5.88 Å². The number of pyridine rings is 1. The highest BCUT2D eigenvalue weighted by molar-refractivity contribution is 6.48. The highest BCUT2D eigenvalue weighted by Crippen LogP contribution is 2.15. The van der Waals surface area contributed by atoms with Gasteiger partial charge in [-0.3, -0.25) is 14.5 Å². The van der Waals surface area contributed by atoms with Gasteiger partial charge in [0.05, 0.1) is 12.1 Å². The maximum atomic E-state index is 11.3. The molecule has 2 atom stereocenters. The lowest BCUT2D eigenvalue weighted by molar-refractivity contribution is -0.146. The van der Waals surface area contributed by atoms with E-state index < -0.39 is 23.7 Å². The van der Waals surface area contributed by atoms with Crippen LogP contribution in [0, 0.1) is 0 Å². The first kappa shape index (κ1) is 21.5. The molecule has 0 bridgehead atoms. The number of piperidine rings is 1. The summed E-state index contributed by atoms with van der Waals surface area (Å²) in [5, 5.41) is 2.94. The maximum Gasteiger partial charge on any atom is 0.219 e. The van der Waals surface area contributed by atoms with Crippen LogP contribution < -0.4 is 15.8 Å². The fourth-order valence-corrected chi connectivity index (χ4v) is 3.24. The molecule has 1 aliphatic heterocycles. The second kappa shape index (κ2) is 10.5. The Morgan fingerprint density at radius 1 is 1.22 bits per heavy atom. The summed E-state index contributed by atoms with van der Waals surface area (Å²) in [6.07, 6.45) is 9.36. The van der Waals surface area contributed by atoms with E-state index in [-0.39, 0.29) is 12.4 Å². The SMILES string of the molecule is Cl.NC1C(=O)C(=O)C1NC/C=C\COc1cc(CN2CCCCC2)ccn1. The van der Waals surface area contributed by atoms with Gasteiger partial charge in [-0.1, -0.05) is 18.6 Å². The largest absolute Gasteiger partial charge is 0.473 e. The highest BCUT2D eigenvalue weighted by atomic mass is 35.5. The number of ketones is 2. The van der Waals surface area contributed by atoms with Gasteiger partial charge in [0.2, 0.25) is 17.4 Å². The van der Waals surface area contributed by atoms with Gasteiger partial charge in [-0.2, -0.15) is 0 Å². The van der Waals surface area contributed by atoms with Crippen molar-refractivity contribution in [3.63, 3.8) is 0 Å². The quantitative estimate of drug-likeness (QED) is 0.498. The molecular formula is C19H27ClN4O3. The monoisotopic (exact) mass is 394 g/mol. The summed E-state index contributed by atoms with van der Waals surface area (Å²) >= 11 is 0. The lowest BCUT2D eigenvalue weighted by atomic mass is 9.84. The number of carbonyl (C=O) groups is 2. The molecule has 2 fully saturated rings. The molecule has 1 aromatic rings. The molecular weight excluding hydrogens is 368 g/mol. The van der Waals surface area contributed by atoms with Crippen molar-refractivity contribution in [2.75, 3.05) is 26.2 Å². The number of ether oxygens (including phenoxy) is 1. The van der Waals surface area contributed by atoms with Crippen molar-refractivity contribution >= 4 is 24.0 Å². The summed E-state index contributed by atoms with van der Waals surface area (Å²) < 4.78 is 5.65. The first-order chi connectivity index (χ1) is 12.6. The first-order valence-electron chi connectivity index (χ1n) is 9.17. The number of likely N-dealkylation sites (tertiary alicyclic amines) is 1. The number of carbonyl (C=O) groups excluding carboxylic acids is 2. The smallest absolute Gasteiger partial charge is 0.219 e. The van der Waals surface area contributed by atoms with Crippen molar-refractivity contribution in [2.45, 2.75) is 37.9 Å². The number of nitrogens with two attached hydrogens (primary N) is 1. The topological polar surface area (TPSA) is 97.5 Å². The Bertz CT molecular complexity index is 677. The average Bonchev–Trinajstić information content (AvgIpc) is 2.67. The van der Waals surface area contributed by atoms with Crippen molar-refractivity contribution in [2.24, 2.45) is 5.73 Å². The van der Waals surface area contributed by atoms with Crippen molar-refractivity contribution < 1.29 is 14.3 Å². The number of hydrogen-bond acceptors (Lipinski definition) is 7. The molecule has 0 spiro atoms. The fraction of sp³-hybridized carbons (Fsp3) is 0.526. The number of halogens is 1. The second-order valence-corrected chi connectivity index (χ2v) is 6.76. The van der Waals surface area contributed by atoms with Crippen LogP contribution >= 0.6 is 12.4 Å². The summed E-state index contributed by atoms with van der Waals surface area (Å²) in [6.45, 7) is 4.11. The molecule has 27 heavy (non-hydrogen) atoms. The van der Waals surface area contributed by atoms with Crippen LogP contribution in [-0.4, -0.2) is 59.8 Å². The highest BCUT2D eigenvalue weighted by Gasteiger charge is 2.46. The molecule has 3 N–H and O–H groups in total. The molecule has 2 unspecified atom stereocenters. The Morgan fingerprint density at radius 2 is 2.00 bits per heavy atom. The third-order valence-corrected chi connectivity index (χ3v) is 4.79. The number of nitrogens with zero attached hydrogens (tertiary/aromatic N) is 2. The standard InChI is InChI=1S/C19H26N4O3.ClH/c20-16-17(19(25)18(16)24)22-7-2-5-11-26-15-12-14(6-8-21-15)13-23-9-3-1-4-10-23;/h2,5-6,8,12,16-17,22H,1,3-4,7,9-11,13,20H2;1H/b5-2-;. The Morgan fingerprint density at radius 3 is 2.74 bits per heavy atom. The van der Waals surface area contributed by atoms with Crippen LogP contribution in [0.15, 0.2) is 30.5 Å². The molecule has 148 valence electrons. The van der Waals surface area contributed by atoms with Crippen LogP contribution in [0.2, 0.25) is 0 Å². The van der Waals surface area contributed by atoms with Crippen LogP contribution in [-0.2, 0) is 16.1 Å². The molecule has 8 heteroatoms. The maximum absolute atomic E-state index is 11.3. The third-order valence-electron chi connectivity index (χ3n) is 4.79. The fourth-order valence-electron chi connectivity index (χ4n) is 3.24. The zero-order chi connectivity index (χ0) is 18.4. The third kappa shape index (κ3) is 5.84. The first-order valence-corrected chi connectivity index (χ1v) is 9.17. The van der Waals surface area contributed by atoms with E-state index in [2.05, 4.69) is 15.2 Å². The predicted molar refractivity (Wildman–Crippen MR) is 105 cm³/mol. The van der Waals surface area contributed by atoms with Crippen LogP contribution in [0.25, 0.3) is 0 Å². The van der Waals surface area contributed by atoms with E-state index in [0.29, 0.717) is 19.0 Å². The summed E-state index contributed by atoms with van der Waals surface area (Å²) in [5.41, 5.74) is 6.77. The summed E-state index contributed by atoms with van der Waals surface area (Å²) in [6, 6.07) is 2.75. The normalized spacial score (nSPS) is 23.1. The van der Waals surface area contributed by atoms with Crippen molar-refractivity contribution in [3.05, 3.63) is 36.0 Å². The van der Waals surface area contributed by atoms with Gasteiger partial charge in [-0.05, 0) is 37.6 Å². The molecule has 0 aromatic carbocycles. The second-order valence-electron chi connectivity index (χ2n) is 6.76. The molecule has 7 nitrogen and oxygen atoms in total. The zero-order valence-corrected chi connectivity index (χ0v) is 16.1. The van der Waals surface area contributed by atoms with Gasteiger partial charge in [0.15, 0.2) is 0 Å². The predicted octanol–water partition coefficient (Wildman–Crippen LogP) is 0.862. The van der Waals surface area contributed by atoms with Gasteiger partial charge in [0.25, 0.3) is 0 Å². The Balaban J connectivity index is 0.00000261. The molecule has 0 amide bonds. The van der Waals surface area contributed by atoms with Gasteiger partial charge < -0.3 is 15.8 Å². The summed E-state index contributed by atoms with van der Waals surface area (Å²) in [7, 11) is 0. The van der Waals surface area contributed by atoms with E-state index in [0.717, 1.165) is 19.6 Å². The van der Waals surface area contributed by atoms with Crippen molar-refractivity contribution in [1.82, 2.24) is 15.2 Å². The zero-order valence-electron chi connectivity index (χ0n) is 15.3. The van der Waals surface area contributed by atoms with Crippen molar-refractivity contribution in [1.29, 1.82) is 0 Å². The summed E-state index contributed by atoms with van der Waals surface area (Å²) in [4.78, 5) is 29.1. The van der Waals surface area contributed by atoms with Crippen LogP contribution in [0.1, 0.15) is 24.8 Å². The number of Topliss-reactive ketones (excluding diaryl/α,β-unsaturated/α-hetero) is 2. The molecule has 1 saturated heterocycles. The van der Waals surface area contributed by atoms with Gasteiger partial charge in [0.1, 0.15) is 6.61 Å². The molecule has 3 rings (SSSR count). The van der Waals surface area contributed by atoms with E-state index in [1.54, 1.807) is 6.20 Å². The minimum atomic E-state index is -0.709. The average molecular weight is 395 g/mol. The van der Waals surface area contributed by atoms with E-state index in [1.807, 2.05) is 24.3 Å². The van der Waals surface area contributed by atoms with Gasteiger partial charge in [0, 0.05) is 25.4 Å². The lowest BCUT2D eigenvalue weighted by Crippen LogP contribution is -2.68. The lowest BCUT2D eigenvalue weighted by Gasteiger charge is -2.30. The van der Waals surface area contributed by atoms with Gasteiger partial charge in [-0.15, -0.1) is 12.4 Å². The number of rotatable bonds is 8. The van der Waals surface area contributed by atoms with Crippen LogP contribution in [0.3, 0.4) is 0 Å². The minimum absolute atomic E-state index is 0. The van der Waals surface area contributed by atoms with Crippen LogP contribution in [0.4, 0.5) is 0 Å². The molecule has 0 radical (unpaired) electrons. The van der Waals surface area contributed by atoms with Crippen LogP contribution in [0.5, 0.6) is 5.88 Å². The van der Waals surface area contributed by atoms with E-state index in [4.69, 9.17) is 10.5 Å². The van der Waals surface area contributed by atoms with E-state index >= 15 is 0 Å². The number of aromatic nitrogens is 1. The number of hydrogen-bond donors (Lipinski definition) is 2. The Kier molecular flexibility index (Phi) is 8.37. The van der Waals surface area contributed by atoms with Gasteiger partial charge in [-0.25, -0.2) is 4.98 Å². The molecule has 1 saturated carbocycles. The Hall–Kier alpha value is -1.80. The number of nitrogens with one attached hydrogen (secondary N) is 1.